The van der Waals surface area contributed by atoms with Crippen molar-refractivity contribution in [2.45, 2.75) is 24.4 Å². The fourth-order valence-corrected chi connectivity index (χ4v) is 3.23. The van der Waals surface area contributed by atoms with Gasteiger partial charge in [-0.05, 0) is 12.8 Å². The molecule has 28 heavy (non-hydrogen) atoms. The summed E-state index contributed by atoms with van der Waals surface area (Å²) in [6, 6.07) is 1.83. The summed E-state index contributed by atoms with van der Waals surface area (Å²) in [5.74, 6) is 0.0275. The Balaban J connectivity index is 1.73. The number of urea groups is 1. The number of alkyl halides is 3. The lowest BCUT2D eigenvalue weighted by molar-refractivity contribution is -0.161. The quantitative estimate of drug-likeness (QED) is 0.651. The molecule has 4 rings (SSSR count). The molecule has 3 heterocycles. The number of anilines is 2. The largest absolute Gasteiger partial charge is 0.400 e. The minimum absolute atomic E-state index is 0.0115. The SMILES string of the molecule is O=C(Nc1cc(Cl)cnn1)Nc1cnc2cc(Cl)nn2c1C1(C(F)(F)F)CC1. The summed E-state index contributed by atoms with van der Waals surface area (Å²) in [4.78, 5) is 16.3. The van der Waals surface area contributed by atoms with Gasteiger partial charge < -0.3 is 5.32 Å². The maximum atomic E-state index is 13.8. The molecule has 1 saturated carbocycles. The Labute approximate surface area is 165 Å². The highest BCUT2D eigenvalue weighted by Gasteiger charge is 2.66. The van der Waals surface area contributed by atoms with Crippen molar-refractivity contribution in [3.05, 3.63) is 40.4 Å². The number of rotatable bonds is 3. The number of hydrogen-bond donors (Lipinski definition) is 2. The molecule has 146 valence electrons. The zero-order chi connectivity index (χ0) is 20.1. The molecule has 3 aromatic rings. The Hall–Kier alpha value is -2.66. The van der Waals surface area contributed by atoms with Crippen LogP contribution in [0, 0.1) is 0 Å². The van der Waals surface area contributed by atoms with Crippen LogP contribution in [0.5, 0.6) is 0 Å². The predicted molar refractivity (Wildman–Crippen MR) is 94.6 cm³/mol. The van der Waals surface area contributed by atoms with E-state index in [4.69, 9.17) is 23.2 Å². The summed E-state index contributed by atoms with van der Waals surface area (Å²) in [5, 5.41) is 16.1. The smallest absolute Gasteiger partial charge is 0.305 e. The number of carbonyl (C=O) groups is 1. The number of nitrogens with one attached hydrogen (secondary N) is 2. The number of aromatic nitrogens is 5. The van der Waals surface area contributed by atoms with E-state index in [1.807, 2.05) is 0 Å². The molecule has 13 heteroatoms. The average molecular weight is 432 g/mol. The highest BCUT2D eigenvalue weighted by atomic mass is 35.5. The molecule has 2 amide bonds. The molecule has 1 aliphatic rings. The second-order valence-corrected chi connectivity index (χ2v) is 7.00. The molecular weight excluding hydrogens is 422 g/mol. The third-order valence-electron chi connectivity index (χ3n) is 4.31. The monoisotopic (exact) mass is 431 g/mol. The summed E-state index contributed by atoms with van der Waals surface area (Å²) in [5.41, 5.74) is -2.37. The lowest BCUT2D eigenvalue weighted by atomic mass is 10.00. The average Bonchev–Trinajstić information content (AvgIpc) is 3.31. The fourth-order valence-electron chi connectivity index (χ4n) is 2.91. The molecule has 1 fully saturated rings. The molecule has 3 aromatic heterocycles. The normalized spacial score (nSPS) is 15.5. The minimum Gasteiger partial charge on any atom is -0.305 e. The van der Waals surface area contributed by atoms with E-state index in [0.29, 0.717) is 0 Å². The van der Waals surface area contributed by atoms with Crippen LogP contribution < -0.4 is 10.6 Å². The molecule has 0 bridgehead atoms. The van der Waals surface area contributed by atoms with Gasteiger partial charge in [-0.15, -0.1) is 5.10 Å². The van der Waals surface area contributed by atoms with Gasteiger partial charge in [0.05, 0.1) is 28.8 Å². The van der Waals surface area contributed by atoms with E-state index in [-0.39, 0.29) is 45.9 Å². The topological polar surface area (TPSA) is 97.1 Å². The van der Waals surface area contributed by atoms with Gasteiger partial charge in [-0.2, -0.15) is 23.4 Å². The molecule has 0 radical (unpaired) electrons. The number of carbonyl (C=O) groups excluding carboxylic acids is 1. The van der Waals surface area contributed by atoms with Gasteiger partial charge in [-0.25, -0.2) is 14.3 Å². The first-order valence-corrected chi connectivity index (χ1v) is 8.63. The lowest BCUT2D eigenvalue weighted by Gasteiger charge is -2.23. The summed E-state index contributed by atoms with van der Waals surface area (Å²) >= 11 is 11.6. The Morgan fingerprint density at radius 2 is 1.93 bits per heavy atom. The Bertz CT molecular complexity index is 1080. The molecule has 0 spiro atoms. The molecule has 0 aromatic carbocycles. The number of hydrogen-bond acceptors (Lipinski definition) is 5. The second-order valence-electron chi connectivity index (χ2n) is 6.18. The zero-order valence-corrected chi connectivity index (χ0v) is 15.3. The van der Waals surface area contributed by atoms with Crippen molar-refractivity contribution >= 4 is 46.4 Å². The maximum Gasteiger partial charge on any atom is 0.400 e. The van der Waals surface area contributed by atoms with Crippen molar-refractivity contribution in [2.24, 2.45) is 0 Å². The molecule has 0 atom stereocenters. The van der Waals surface area contributed by atoms with E-state index >= 15 is 0 Å². The van der Waals surface area contributed by atoms with Gasteiger partial charge >= 0.3 is 12.2 Å². The minimum atomic E-state index is -4.54. The Kier molecular flexibility index (Phi) is 4.31. The standard InChI is InChI=1S/C15H10Cl2F3N7O/c16-7-3-10(25-22-5-7)24-13(28)23-8-6-21-11-4-9(17)26-27(11)12(8)14(1-2-14)15(18,19)20/h3-6H,1-2H2,(H2,23,24,25,28). The molecular formula is C15H10Cl2F3N7O. The van der Waals surface area contributed by atoms with Gasteiger partial charge in [0.1, 0.15) is 5.41 Å². The maximum absolute atomic E-state index is 13.8. The second kappa shape index (κ2) is 6.45. The van der Waals surface area contributed by atoms with Crippen molar-refractivity contribution in [2.75, 3.05) is 10.6 Å². The van der Waals surface area contributed by atoms with Crippen LogP contribution in [0.4, 0.5) is 29.5 Å². The van der Waals surface area contributed by atoms with Crippen molar-refractivity contribution in [1.29, 1.82) is 0 Å². The summed E-state index contributed by atoms with van der Waals surface area (Å²) < 4.78 is 42.3. The van der Waals surface area contributed by atoms with Crippen molar-refractivity contribution in [3.63, 3.8) is 0 Å². The van der Waals surface area contributed by atoms with E-state index in [1.54, 1.807) is 0 Å². The van der Waals surface area contributed by atoms with Gasteiger partial charge in [0.15, 0.2) is 16.6 Å². The van der Waals surface area contributed by atoms with Crippen LogP contribution in [0.1, 0.15) is 18.5 Å². The van der Waals surface area contributed by atoms with Crippen LogP contribution >= 0.6 is 23.2 Å². The molecule has 0 aliphatic heterocycles. The Morgan fingerprint density at radius 3 is 2.57 bits per heavy atom. The molecule has 0 unspecified atom stereocenters. The molecule has 0 saturated heterocycles. The molecule has 8 nitrogen and oxygen atoms in total. The summed E-state index contributed by atoms with van der Waals surface area (Å²) in [6.45, 7) is 0. The van der Waals surface area contributed by atoms with Crippen molar-refractivity contribution in [3.8, 4) is 0 Å². The third kappa shape index (κ3) is 3.20. The molecule has 2 N–H and O–H groups in total. The van der Waals surface area contributed by atoms with Crippen LogP contribution in [0.3, 0.4) is 0 Å². The van der Waals surface area contributed by atoms with Crippen LogP contribution in [0.2, 0.25) is 10.2 Å². The lowest BCUT2D eigenvalue weighted by Crippen LogP contribution is -2.33. The predicted octanol–water partition coefficient (Wildman–Crippen LogP) is 4.06. The van der Waals surface area contributed by atoms with E-state index in [9.17, 15) is 18.0 Å². The van der Waals surface area contributed by atoms with Gasteiger partial charge in [-0.1, -0.05) is 23.2 Å². The van der Waals surface area contributed by atoms with Gasteiger partial charge in [0.25, 0.3) is 0 Å². The van der Waals surface area contributed by atoms with Crippen LogP contribution in [-0.2, 0) is 5.41 Å². The summed E-state index contributed by atoms with van der Waals surface area (Å²) in [7, 11) is 0. The zero-order valence-electron chi connectivity index (χ0n) is 13.8. The van der Waals surface area contributed by atoms with Crippen LogP contribution in [0.25, 0.3) is 5.65 Å². The first kappa shape index (κ1) is 18.7. The highest BCUT2D eigenvalue weighted by molar-refractivity contribution is 6.30. The van der Waals surface area contributed by atoms with E-state index in [0.717, 1.165) is 10.7 Å². The van der Waals surface area contributed by atoms with Crippen LogP contribution in [-0.4, -0.2) is 37.0 Å². The van der Waals surface area contributed by atoms with Gasteiger partial charge in [0, 0.05) is 12.1 Å². The third-order valence-corrected chi connectivity index (χ3v) is 4.70. The fraction of sp³-hybridized carbons (Fsp3) is 0.267. The van der Waals surface area contributed by atoms with Crippen LogP contribution in [0.15, 0.2) is 24.5 Å². The van der Waals surface area contributed by atoms with E-state index < -0.39 is 17.6 Å². The first-order chi connectivity index (χ1) is 13.2. The summed E-state index contributed by atoms with van der Waals surface area (Å²) in [6.07, 6.45) is -2.41. The highest BCUT2D eigenvalue weighted by Crippen LogP contribution is 2.60. The van der Waals surface area contributed by atoms with E-state index in [2.05, 4.69) is 30.9 Å². The number of nitrogens with zero attached hydrogens (tertiary/aromatic N) is 5. The first-order valence-electron chi connectivity index (χ1n) is 7.87. The Morgan fingerprint density at radius 1 is 1.18 bits per heavy atom. The van der Waals surface area contributed by atoms with Crippen molar-refractivity contribution < 1.29 is 18.0 Å². The number of halogens is 5. The number of fused-ring (bicyclic) bond motifs is 1. The van der Waals surface area contributed by atoms with E-state index in [1.165, 1.54) is 18.3 Å². The van der Waals surface area contributed by atoms with Gasteiger partial charge in [0.2, 0.25) is 0 Å². The van der Waals surface area contributed by atoms with Crippen molar-refractivity contribution in [1.82, 2.24) is 24.8 Å². The van der Waals surface area contributed by atoms with Gasteiger partial charge in [-0.3, -0.25) is 5.32 Å². The molecule has 1 aliphatic carbocycles. The number of amides is 2.